The number of urea groups is 1. The fraction of sp³-hybridized carbons (Fsp3) is 0.438. The molecule has 1 saturated heterocycles. The number of alkyl halides is 3. The van der Waals surface area contributed by atoms with E-state index >= 15 is 0 Å². The van der Waals surface area contributed by atoms with Crippen LogP contribution in [0, 0.1) is 11.8 Å². The molecule has 2 amide bonds. The van der Waals surface area contributed by atoms with Gasteiger partial charge in [-0.15, -0.1) is 0 Å². The highest BCUT2D eigenvalue weighted by Crippen LogP contribution is 2.32. The first-order chi connectivity index (χ1) is 12.1. The molecular formula is C16H16F3N3O4. The number of likely N-dealkylation sites (tertiary alicyclic amines) is 1. The van der Waals surface area contributed by atoms with Crippen LogP contribution in [0.2, 0.25) is 0 Å². The number of nitrogens with zero attached hydrogens (tertiary/aromatic N) is 2. The number of oxazole rings is 1. The fourth-order valence-electron chi connectivity index (χ4n) is 3.03. The molecule has 0 bridgehead atoms. The number of hydrogen-bond acceptors (Lipinski definition) is 4. The van der Waals surface area contributed by atoms with Crippen LogP contribution in [0.1, 0.15) is 19.2 Å². The van der Waals surface area contributed by atoms with E-state index in [4.69, 9.17) is 5.11 Å². The highest BCUT2D eigenvalue weighted by Gasteiger charge is 2.37. The normalized spacial score (nSPS) is 21.0. The van der Waals surface area contributed by atoms with Crippen LogP contribution in [0.4, 0.5) is 23.7 Å². The number of aliphatic carboxylic acids is 1. The Morgan fingerprint density at radius 3 is 2.73 bits per heavy atom. The van der Waals surface area contributed by atoms with Gasteiger partial charge in [0.05, 0.1) is 5.92 Å². The number of anilines is 1. The van der Waals surface area contributed by atoms with E-state index < -0.39 is 30.0 Å². The van der Waals surface area contributed by atoms with Gasteiger partial charge in [0.25, 0.3) is 0 Å². The predicted molar refractivity (Wildman–Crippen MR) is 84.5 cm³/mol. The van der Waals surface area contributed by atoms with Gasteiger partial charge in [-0.1, -0.05) is 6.92 Å². The number of piperidine rings is 1. The maximum Gasteiger partial charge on any atom is 0.468 e. The van der Waals surface area contributed by atoms with E-state index in [9.17, 15) is 22.8 Å². The molecule has 2 unspecified atom stereocenters. The Balaban J connectivity index is 1.75. The van der Waals surface area contributed by atoms with Crippen LogP contribution >= 0.6 is 0 Å². The topological polar surface area (TPSA) is 95.7 Å². The lowest BCUT2D eigenvalue weighted by molar-refractivity contribution is -0.156. The first-order valence-corrected chi connectivity index (χ1v) is 7.90. The minimum absolute atomic E-state index is 0.0305. The Kier molecular flexibility index (Phi) is 4.51. The third-order valence-electron chi connectivity index (χ3n) is 4.18. The minimum Gasteiger partial charge on any atom is -0.481 e. The summed E-state index contributed by atoms with van der Waals surface area (Å²) in [5.74, 6) is -2.93. The van der Waals surface area contributed by atoms with E-state index in [0.717, 1.165) is 0 Å². The Labute approximate surface area is 145 Å². The van der Waals surface area contributed by atoms with Gasteiger partial charge in [0.2, 0.25) is 0 Å². The lowest BCUT2D eigenvalue weighted by atomic mass is 9.91. The van der Waals surface area contributed by atoms with Crippen molar-refractivity contribution in [3.8, 4) is 0 Å². The van der Waals surface area contributed by atoms with E-state index in [0.29, 0.717) is 13.0 Å². The van der Waals surface area contributed by atoms with Crippen LogP contribution < -0.4 is 5.32 Å². The third-order valence-corrected chi connectivity index (χ3v) is 4.18. The van der Waals surface area contributed by atoms with Crippen LogP contribution in [0.15, 0.2) is 22.6 Å². The zero-order valence-corrected chi connectivity index (χ0v) is 13.7. The SMILES string of the molecule is CC1CC(C(=O)O)CN(C(=O)Nc2ccc3oc(C(F)(F)F)nc3c2)C1. The lowest BCUT2D eigenvalue weighted by Crippen LogP contribution is -2.47. The number of carbonyl (C=O) groups is 2. The minimum atomic E-state index is -4.70. The summed E-state index contributed by atoms with van der Waals surface area (Å²) in [6.45, 7) is 2.34. The summed E-state index contributed by atoms with van der Waals surface area (Å²) in [6.07, 6.45) is -4.21. The van der Waals surface area contributed by atoms with Crippen molar-refractivity contribution >= 4 is 28.8 Å². The molecule has 1 aliphatic heterocycles. The molecule has 2 aromatic rings. The molecule has 3 rings (SSSR count). The number of halogens is 3. The van der Waals surface area contributed by atoms with Gasteiger partial charge in [-0.05, 0) is 30.5 Å². The quantitative estimate of drug-likeness (QED) is 0.843. The number of amides is 2. The molecule has 1 aliphatic rings. The average molecular weight is 371 g/mol. The Morgan fingerprint density at radius 1 is 1.35 bits per heavy atom. The highest BCUT2D eigenvalue weighted by molar-refractivity contribution is 5.92. The molecule has 1 aromatic heterocycles. The smallest absolute Gasteiger partial charge is 0.468 e. The van der Waals surface area contributed by atoms with Crippen molar-refractivity contribution in [2.45, 2.75) is 19.5 Å². The largest absolute Gasteiger partial charge is 0.481 e. The number of hydrogen-bond donors (Lipinski definition) is 2. The van der Waals surface area contributed by atoms with E-state index in [1.54, 1.807) is 0 Å². The monoisotopic (exact) mass is 371 g/mol. The van der Waals surface area contributed by atoms with Gasteiger partial charge in [-0.25, -0.2) is 9.78 Å². The van der Waals surface area contributed by atoms with Crippen molar-refractivity contribution in [2.24, 2.45) is 11.8 Å². The molecule has 7 nitrogen and oxygen atoms in total. The summed E-state index contributed by atoms with van der Waals surface area (Å²) in [5, 5.41) is 11.7. The van der Waals surface area contributed by atoms with Crippen molar-refractivity contribution < 1.29 is 32.3 Å². The molecule has 0 aliphatic carbocycles. The Morgan fingerprint density at radius 2 is 2.08 bits per heavy atom. The van der Waals surface area contributed by atoms with Gasteiger partial charge in [0.15, 0.2) is 5.58 Å². The summed E-state index contributed by atoms with van der Waals surface area (Å²) in [5.41, 5.74) is 0.160. The van der Waals surface area contributed by atoms with Gasteiger partial charge >= 0.3 is 24.1 Å². The van der Waals surface area contributed by atoms with Gasteiger partial charge in [-0.2, -0.15) is 13.2 Å². The van der Waals surface area contributed by atoms with Crippen molar-refractivity contribution in [1.82, 2.24) is 9.88 Å². The predicted octanol–water partition coefficient (Wildman–Crippen LogP) is 3.42. The van der Waals surface area contributed by atoms with Crippen LogP contribution in [0.3, 0.4) is 0 Å². The van der Waals surface area contributed by atoms with Crippen molar-refractivity contribution in [3.05, 3.63) is 24.1 Å². The average Bonchev–Trinajstić information content (AvgIpc) is 2.97. The van der Waals surface area contributed by atoms with E-state index in [-0.39, 0.29) is 29.2 Å². The second-order valence-corrected chi connectivity index (χ2v) is 6.41. The first-order valence-electron chi connectivity index (χ1n) is 7.90. The summed E-state index contributed by atoms with van der Waals surface area (Å²) < 4.78 is 42.6. The number of benzene rings is 1. The number of fused-ring (bicyclic) bond motifs is 1. The molecule has 1 aromatic carbocycles. The molecule has 0 saturated carbocycles. The number of aromatic nitrogens is 1. The van der Waals surface area contributed by atoms with E-state index in [1.807, 2.05) is 6.92 Å². The van der Waals surface area contributed by atoms with Crippen molar-refractivity contribution in [2.75, 3.05) is 18.4 Å². The molecule has 140 valence electrons. The molecule has 2 atom stereocenters. The number of carboxylic acid groups (broad SMARTS) is 1. The molecule has 1 fully saturated rings. The summed E-state index contributed by atoms with van der Waals surface area (Å²) in [6, 6.07) is 3.44. The van der Waals surface area contributed by atoms with Crippen LogP contribution in [0.25, 0.3) is 11.1 Å². The second kappa shape index (κ2) is 6.50. The van der Waals surface area contributed by atoms with Crippen molar-refractivity contribution in [1.29, 1.82) is 0 Å². The summed E-state index contributed by atoms with van der Waals surface area (Å²) in [7, 11) is 0. The number of carbonyl (C=O) groups excluding carboxylic acids is 1. The molecule has 2 heterocycles. The highest BCUT2D eigenvalue weighted by atomic mass is 19.4. The van der Waals surface area contributed by atoms with Gasteiger partial charge in [0, 0.05) is 18.8 Å². The lowest BCUT2D eigenvalue weighted by Gasteiger charge is -2.34. The summed E-state index contributed by atoms with van der Waals surface area (Å²) >= 11 is 0. The number of carboxylic acids is 1. The third kappa shape index (κ3) is 3.73. The molecule has 0 radical (unpaired) electrons. The molecule has 2 N–H and O–H groups in total. The second-order valence-electron chi connectivity index (χ2n) is 6.41. The van der Waals surface area contributed by atoms with E-state index in [2.05, 4.69) is 14.7 Å². The van der Waals surface area contributed by atoms with Crippen molar-refractivity contribution in [3.63, 3.8) is 0 Å². The molecular weight excluding hydrogens is 355 g/mol. The first kappa shape index (κ1) is 18.0. The van der Waals surface area contributed by atoms with Crippen LogP contribution in [-0.2, 0) is 11.0 Å². The maximum absolute atomic E-state index is 12.6. The molecule has 26 heavy (non-hydrogen) atoms. The Bertz CT molecular complexity index is 849. The number of nitrogens with one attached hydrogen (secondary N) is 1. The molecule has 10 heteroatoms. The van der Waals surface area contributed by atoms with Gasteiger partial charge in [-0.3, -0.25) is 4.79 Å². The van der Waals surface area contributed by atoms with Crippen LogP contribution in [0.5, 0.6) is 0 Å². The number of rotatable bonds is 2. The molecule has 0 spiro atoms. The zero-order chi connectivity index (χ0) is 19.1. The Hall–Kier alpha value is -2.78. The van der Waals surface area contributed by atoms with Gasteiger partial charge < -0.3 is 19.7 Å². The fourth-order valence-corrected chi connectivity index (χ4v) is 3.03. The van der Waals surface area contributed by atoms with E-state index in [1.165, 1.54) is 23.1 Å². The summed E-state index contributed by atoms with van der Waals surface area (Å²) in [4.78, 5) is 28.3. The standard InChI is InChI=1S/C16H16F3N3O4/c1-8-4-9(13(23)24)7-22(6-8)15(25)20-10-2-3-12-11(5-10)21-14(26-12)16(17,18)19/h2-3,5,8-9H,4,6-7H2,1H3,(H,20,25)(H,23,24). The van der Waals surface area contributed by atoms with Gasteiger partial charge in [0.1, 0.15) is 5.52 Å². The van der Waals surface area contributed by atoms with Crippen LogP contribution in [-0.4, -0.2) is 40.1 Å². The zero-order valence-electron chi connectivity index (χ0n) is 13.7. The maximum atomic E-state index is 12.6.